The molecule has 0 aliphatic carbocycles. The van der Waals surface area contributed by atoms with Gasteiger partial charge in [-0.25, -0.2) is 0 Å². The third-order valence-corrected chi connectivity index (χ3v) is 11.9. The minimum absolute atomic E-state index is 0.0725. The molecule has 0 aliphatic rings. The molecule has 0 aliphatic heterocycles. The van der Waals surface area contributed by atoms with E-state index in [4.69, 9.17) is 9.47 Å². The number of allylic oxidation sites excluding steroid dienone is 16. The van der Waals surface area contributed by atoms with Crippen LogP contribution in [0.2, 0.25) is 0 Å². The molecule has 66 heavy (non-hydrogen) atoms. The summed E-state index contributed by atoms with van der Waals surface area (Å²) in [7, 11) is 0. The van der Waals surface area contributed by atoms with Crippen molar-refractivity contribution in [3.8, 4) is 0 Å². The molecule has 0 spiro atoms. The maximum Gasteiger partial charge on any atom is 0.306 e. The van der Waals surface area contributed by atoms with Crippen molar-refractivity contribution in [2.45, 2.75) is 264 Å². The molecule has 5 heteroatoms. The molecule has 0 bridgehead atoms. The second-order valence-electron chi connectivity index (χ2n) is 18.2. The summed E-state index contributed by atoms with van der Waals surface area (Å²) in [6.45, 7) is 3.92. The first kappa shape index (κ1) is 62.8. The van der Waals surface area contributed by atoms with Crippen LogP contribution in [-0.4, -0.2) is 36.4 Å². The van der Waals surface area contributed by atoms with Gasteiger partial charge in [-0.15, -0.1) is 0 Å². The maximum absolute atomic E-state index is 12.3. The Morgan fingerprint density at radius 3 is 0.909 bits per heavy atom. The van der Waals surface area contributed by atoms with Crippen molar-refractivity contribution < 1.29 is 24.2 Å². The number of hydrogen-bond donors (Lipinski definition) is 1. The maximum atomic E-state index is 12.3. The number of carbonyl (C=O) groups excluding carboxylic acids is 2. The fraction of sp³-hybridized carbons (Fsp3) is 0.705. The fourth-order valence-corrected chi connectivity index (χ4v) is 7.77. The summed E-state index contributed by atoms with van der Waals surface area (Å²) in [5, 5.41) is 9.65. The van der Waals surface area contributed by atoms with Crippen LogP contribution in [0.5, 0.6) is 0 Å². The van der Waals surface area contributed by atoms with E-state index in [9.17, 15) is 14.7 Å². The molecule has 0 saturated carbocycles. The van der Waals surface area contributed by atoms with Crippen LogP contribution >= 0.6 is 0 Å². The molecule has 0 amide bonds. The zero-order valence-electron chi connectivity index (χ0n) is 43.2. The van der Waals surface area contributed by atoms with Crippen LogP contribution in [0.3, 0.4) is 0 Å². The third-order valence-electron chi connectivity index (χ3n) is 11.9. The van der Waals surface area contributed by atoms with E-state index in [-0.39, 0.29) is 25.2 Å². The molecule has 1 unspecified atom stereocenters. The molecular formula is C61H104O5. The summed E-state index contributed by atoms with van der Waals surface area (Å²) in [6.07, 6.45) is 79.5. The van der Waals surface area contributed by atoms with Crippen molar-refractivity contribution in [1.29, 1.82) is 0 Å². The number of ether oxygens (including phenoxy) is 2. The van der Waals surface area contributed by atoms with Gasteiger partial charge < -0.3 is 14.6 Å². The number of carbonyl (C=O) groups is 2. The Labute approximate surface area is 408 Å². The molecule has 5 nitrogen and oxygen atoms in total. The zero-order chi connectivity index (χ0) is 47.7. The average Bonchev–Trinajstić information content (AvgIpc) is 3.32. The summed E-state index contributed by atoms with van der Waals surface area (Å²) in [5.41, 5.74) is 0. The van der Waals surface area contributed by atoms with Gasteiger partial charge in [-0.05, 0) is 89.9 Å². The third kappa shape index (κ3) is 53.4. The lowest BCUT2D eigenvalue weighted by Crippen LogP contribution is -2.28. The van der Waals surface area contributed by atoms with Gasteiger partial charge in [-0.2, -0.15) is 0 Å². The first-order chi connectivity index (χ1) is 32.6. The lowest BCUT2D eigenvalue weighted by Gasteiger charge is -2.15. The topological polar surface area (TPSA) is 72.8 Å². The smallest absolute Gasteiger partial charge is 0.306 e. The molecule has 378 valence electrons. The highest BCUT2D eigenvalue weighted by atomic mass is 16.6. The molecule has 0 rings (SSSR count). The van der Waals surface area contributed by atoms with E-state index in [1.807, 2.05) is 0 Å². The predicted octanol–water partition coefficient (Wildman–Crippen LogP) is 18.7. The van der Waals surface area contributed by atoms with Crippen molar-refractivity contribution in [3.05, 3.63) is 97.2 Å². The van der Waals surface area contributed by atoms with Crippen LogP contribution in [-0.2, 0) is 19.1 Å². The van der Waals surface area contributed by atoms with Crippen molar-refractivity contribution in [2.24, 2.45) is 0 Å². The summed E-state index contributed by atoms with van der Waals surface area (Å²) in [5.74, 6) is -0.596. The minimum atomic E-state index is -0.780. The lowest BCUT2D eigenvalue weighted by molar-refractivity contribution is -0.161. The first-order valence-corrected chi connectivity index (χ1v) is 27.8. The average molecular weight is 917 g/mol. The van der Waals surface area contributed by atoms with Gasteiger partial charge in [0.05, 0.1) is 6.61 Å². The predicted molar refractivity (Wildman–Crippen MR) is 288 cm³/mol. The SMILES string of the molecule is CC/C=C\C/C=C\C/C=C\C/C=C\CCCCCCCCCCCCCCCCCCCCC(=O)OC(CO)COC(=O)CCCCCCCCCC/C=C\C/C=C\C/C=C\C/C=C\CC. The largest absolute Gasteiger partial charge is 0.462 e. The Hall–Kier alpha value is -3.18. The summed E-state index contributed by atoms with van der Waals surface area (Å²) >= 11 is 0. The molecule has 0 aromatic rings. The number of aliphatic hydroxyl groups excluding tert-OH is 1. The van der Waals surface area contributed by atoms with Crippen LogP contribution in [0.1, 0.15) is 258 Å². The molecule has 0 fully saturated rings. The van der Waals surface area contributed by atoms with E-state index in [1.54, 1.807) is 0 Å². The number of unbranched alkanes of at least 4 members (excludes halogenated alkanes) is 26. The molecule has 0 aromatic heterocycles. The second-order valence-corrected chi connectivity index (χ2v) is 18.2. The van der Waals surface area contributed by atoms with E-state index < -0.39 is 6.10 Å². The minimum Gasteiger partial charge on any atom is -0.462 e. The van der Waals surface area contributed by atoms with Gasteiger partial charge >= 0.3 is 11.9 Å². The normalized spacial score (nSPS) is 13.0. The first-order valence-electron chi connectivity index (χ1n) is 27.8. The Bertz CT molecular complexity index is 1270. The molecule has 0 radical (unpaired) electrons. The summed E-state index contributed by atoms with van der Waals surface area (Å²) < 4.78 is 10.7. The number of esters is 2. The van der Waals surface area contributed by atoms with Crippen molar-refractivity contribution in [1.82, 2.24) is 0 Å². The van der Waals surface area contributed by atoms with Crippen molar-refractivity contribution in [3.63, 3.8) is 0 Å². The van der Waals surface area contributed by atoms with E-state index >= 15 is 0 Å². The highest BCUT2D eigenvalue weighted by molar-refractivity contribution is 5.70. The van der Waals surface area contributed by atoms with Gasteiger partial charge in [0.1, 0.15) is 6.61 Å². The van der Waals surface area contributed by atoms with Gasteiger partial charge in [0.25, 0.3) is 0 Å². The quantitative estimate of drug-likeness (QED) is 0.0374. The van der Waals surface area contributed by atoms with Gasteiger partial charge in [0, 0.05) is 12.8 Å². The molecule has 1 N–H and O–H groups in total. The Morgan fingerprint density at radius 1 is 0.348 bits per heavy atom. The number of rotatable bonds is 50. The van der Waals surface area contributed by atoms with Gasteiger partial charge in [-0.3, -0.25) is 9.59 Å². The Morgan fingerprint density at radius 2 is 0.606 bits per heavy atom. The molecule has 0 aromatic carbocycles. The molecular weight excluding hydrogens is 813 g/mol. The lowest BCUT2D eigenvalue weighted by atomic mass is 10.0. The van der Waals surface area contributed by atoms with E-state index in [2.05, 4.69) is 111 Å². The summed E-state index contributed by atoms with van der Waals surface area (Å²) in [6, 6.07) is 0. The van der Waals surface area contributed by atoms with Gasteiger partial charge in [0.2, 0.25) is 0 Å². The van der Waals surface area contributed by atoms with Crippen LogP contribution in [0, 0.1) is 0 Å². The van der Waals surface area contributed by atoms with Crippen LogP contribution in [0.15, 0.2) is 97.2 Å². The molecule has 0 saturated heterocycles. The van der Waals surface area contributed by atoms with Gasteiger partial charge in [0.15, 0.2) is 6.10 Å². The molecule has 1 atom stereocenters. The van der Waals surface area contributed by atoms with Crippen LogP contribution in [0.4, 0.5) is 0 Å². The standard InChI is InChI=1S/C61H104O5/c1-3-5-7-9-11-13-15-17-19-21-23-25-26-27-28-29-30-31-32-33-34-36-38-40-42-44-46-48-50-52-54-56-61(64)66-59(57-62)58-65-60(63)55-53-51-49-47-45-43-41-39-37-35-24-22-20-18-16-14-12-10-8-6-4-2/h5-8,11-14,17-20,23-25,35,59,62H,3-4,9-10,15-16,21-22,26-34,36-58H2,1-2H3/b7-5-,8-6-,13-11-,14-12-,19-17-,20-18-,25-23-,35-24-. The highest BCUT2D eigenvalue weighted by Crippen LogP contribution is 2.16. The van der Waals surface area contributed by atoms with E-state index in [0.717, 1.165) is 96.3 Å². The van der Waals surface area contributed by atoms with E-state index in [0.29, 0.717) is 12.8 Å². The van der Waals surface area contributed by atoms with Crippen molar-refractivity contribution >= 4 is 11.9 Å². The number of hydrogen-bond acceptors (Lipinski definition) is 5. The fourth-order valence-electron chi connectivity index (χ4n) is 7.77. The van der Waals surface area contributed by atoms with Crippen LogP contribution < -0.4 is 0 Å². The highest BCUT2D eigenvalue weighted by Gasteiger charge is 2.16. The van der Waals surface area contributed by atoms with Gasteiger partial charge in [-0.1, -0.05) is 252 Å². The van der Waals surface area contributed by atoms with Crippen molar-refractivity contribution in [2.75, 3.05) is 13.2 Å². The monoisotopic (exact) mass is 917 g/mol. The number of aliphatic hydroxyl groups is 1. The second kappa shape index (κ2) is 56.1. The Balaban J connectivity index is 3.48. The van der Waals surface area contributed by atoms with Crippen LogP contribution in [0.25, 0.3) is 0 Å². The Kier molecular flexibility index (Phi) is 53.4. The molecule has 0 heterocycles. The van der Waals surface area contributed by atoms with E-state index in [1.165, 1.54) is 135 Å². The zero-order valence-corrected chi connectivity index (χ0v) is 43.2. The summed E-state index contributed by atoms with van der Waals surface area (Å²) in [4.78, 5) is 24.5.